The smallest absolute Gasteiger partial charge is 0.125 e. The molecule has 1 N–H and O–H groups in total. The molecular weight excluding hydrogens is 188 g/mol. The SMILES string of the molecule is CC(O)c1ccccc1OCCC1CC1. The van der Waals surface area contributed by atoms with E-state index in [1.165, 1.54) is 12.8 Å². The molecule has 1 aliphatic rings. The van der Waals surface area contributed by atoms with E-state index in [0.29, 0.717) is 0 Å². The second-order valence-corrected chi connectivity index (χ2v) is 4.29. The van der Waals surface area contributed by atoms with E-state index in [4.69, 9.17) is 4.74 Å². The Labute approximate surface area is 90.9 Å². The first kappa shape index (κ1) is 10.5. The number of para-hydroxylation sites is 1. The van der Waals surface area contributed by atoms with Gasteiger partial charge in [0.05, 0.1) is 12.7 Å². The van der Waals surface area contributed by atoms with Crippen LogP contribution in [-0.2, 0) is 0 Å². The highest BCUT2D eigenvalue weighted by Crippen LogP contribution is 2.32. The summed E-state index contributed by atoms with van der Waals surface area (Å²) < 4.78 is 5.69. The number of ether oxygens (including phenoxy) is 1. The number of rotatable bonds is 5. The molecule has 0 bridgehead atoms. The Kier molecular flexibility index (Phi) is 3.27. The van der Waals surface area contributed by atoms with Crippen LogP contribution in [0.25, 0.3) is 0 Å². The molecule has 2 nitrogen and oxygen atoms in total. The molecule has 1 fully saturated rings. The van der Waals surface area contributed by atoms with Gasteiger partial charge in [-0.15, -0.1) is 0 Å². The number of hydrogen-bond donors (Lipinski definition) is 1. The maximum atomic E-state index is 9.55. The molecule has 2 heteroatoms. The Hall–Kier alpha value is -1.02. The molecule has 0 radical (unpaired) electrons. The average molecular weight is 206 g/mol. The Balaban J connectivity index is 1.92. The molecule has 2 rings (SSSR count). The van der Waals surface area contributed by atoms with Crippen molar-refractivity contribution in [3.8, 4) is 5.75 Å². The summed E-state index contributed by atoms with van der Waals surface area (Å²) in [5.41, 5.74) is 0.883. The van der Waals surface area contributed by atoms with Crippen LogP contribution in [0.5, 0.6) is 5.75 Å². The van der Waals surface area contributed by atoms with Gasteiger partial charge >= 0.3 is 0 Å². The van der Waals surface area contributed by atoms with Gasteiger partial charge < -0.3 is 9.84 Å². The standard InChI is InChI=1S/C13H18O2/c1-10(14)12-4-2-3-5-13(12)15-9-8-11-6-7-11/h2-5,10-11,14H,6-9H2,1H3. The third-order valence-electron chi connectivity index (χ3n) is 2.85. The second kappa shape index (κ2) is 4.67. The van der Waals surface area contributed by atoms with Crippen LogP contribution < -0.4 is 4.74 Å². The maximum absolute atomic E-state index is 9.55. The Morgan fingerprint density at radius 3 is 2.80 bits per heavy atom. The molecule has 0 amide bonds. The van der Waals surface area contributed by atoms with Crippen molar-refractivity contribution in [3.63, 3.8) is 0 Å². The molecule has 0 aromatic heterocycles. The average Bonchev–Trinajstić information content (AvgIpc) is 3.02. The molecule has 1 aromatic carbocycles. The number of aliphatic hydroxyl groups excluding tert-OH is 1. The molecule has 1 unspecified atom stereocenters. The van der Waals surface area contributed by atoms with Crippen molar-refractivity contribution in [2.45, 2.75) is 32.3 Å². The van der Waals surface area contributed by atoms with Gasteiger partial charge in [-0.1, -0.05) is 31.0 Å². The second-order valence-electron chi connectivity index (χ2n) is 4.29. The van der Waals surface area contributed by atoms with Gasteiger partial charge in [-0.25, -0.2) is 0 Å². The minimum atomic E-state index is -0.456. The summed E-state index contributed by atoms with van der Waals surface area (Å²) in [5.74, 6) is 1.72. The molecule has 82 valence electrons. The summed E-state index contributed by atoms with van der Waals surface area (Å²) in [6, 6.07) is 7.71. The lowest BCUT2D eigenvalue weighted by Gasteiger charge is -2.12. The van der Waals surface area contributed by atoms with Crippen molar-refractivity contribution in [3.05, 3.63) is 29.8 Å². The summed E-state index contributed by atoms with van der Waals surface area (Å²) in [6.45, 7) is 2.54. The topological polar surface area (TPSA) is 29.5 Å². The predicted octanol–water partition coefficient (Wildman–Crippen LogP) is 2.92. The van der Waals surface area contributed by atoms with E-state index in [9.17, 15) is 5.11 Å². The fourth-order valence-corrected chi connectivity index (χ4v) is 1.70. The van der Waals surface area contributed by atoms with E-state index in [2.05, 4.69) is 0 Å². The van der Waals surface area contributed by atoms with Crippen molar-refractivity contribution in [1.29, 1.82) is 0 Å². The van der Waals surface area contributed by atoms with Crippen LogP contribution in [0.1, 0.15) is 37.9 Å². The number of hydrogen-bond acceptors (Lipinski definition) is 2. The van der Waals surface area contributed by atoms with Gasteiger partial charge in [-0.05, 0) is 25.3 Å². The lowest BCUT2D eigenvalue weighted by Crippen LogP contribution is -2.02. The first-order valence-corrected chi connectivity index (χ1v) is 5.67. The van der Waals surface area contributed by atoms with Crippen LogP contribution in [0.3, 0.4) is 0 Å². The Bertz CT molecular complexity index is 316. The first-order valence-electron chi connectivity index (χ1n) is 5.67. The minimum absolute atomic E-state index is 0.456. The van der Waals surface area contributed by atoms with E-state index in [-0.39, 0.29) is 0 Å². The summed E-state index contributed by atoms with van der Waals surface area (Å²) >= 11 is 0. The van der Waals surface area contributed by atoms with Crippen molar-refractivity contribution >= 4 is 0 Å². The van der Waals surface area contributed by atoms with E-state index in [1.807, 2.05) is 24.3 Å². The summed E-state index contributed by atoms with van der Waals surface area (Å²) in [4.78, 5) is 0. The minimum Gasteiger partial charge on any atom is -0.493 e. The van der Waals surface area contributed by atoms with Crippen LogP contribution in [0.15, 0.2) is 24.3 Å². The molecule has 0 heterocycles. The molecular formula is C13H18O2. The highest BCUT2D eigenvalue weighted by atomic mass is 16.5. The highest BCUT2D eigenvalue weighted by Gasteiger charge is 2.20. The highest BCUT2D eigenvalue weighted by molar-refractivity contribution is 5.34. The third-order valence-corrected chi connectivity index (χ3v) is 2.85. The molecule has 0 aliphatic heterocycles. The van der Waals surface area contributed by atoms with Crippen molar-refractivity contribution < 1.29 is 9.84 Å². The van der Waals surface area contributed by atoms with Crippen LogP contribution in [0, 0.1) is 5.92 Å². The first-order chi connectivity index (χ1) is 7.27. The van der Waals surface area contributed by atoms with Crippen LogP contribution in [0.4, 0.5) is 0 Å². The van der Waals surface area contributed by atoms with Gasteiger partial charge in [0.15, 0.2) is 0 Å². The molecule has 1 atom stereocenters. The van der Waals surface area contributed by atoms with Gasteiger partial charge in [0, 0.05) is 5.56 Å². The molecule has 0 spiro atoms. The van der Waals surface area contributed by atoms with Gasteiger partial charge in [0.25, 0.3) is 0 Å². The van der Waals surface area contributed by atoms with Gasteiger partial charge in [-0.2, -0.15) is 0 Å². The fourth-order valence-electron chi connectivity index (χ4n) is 1.70. The van der Waals surface area contributed by atoms with Crippen molar-refractivity contribution in [1.82, 2.24) is 0 Å². The lowest BCUT2D eigenvalue weighted by molar-refractivity contribution is 0.190. The van der Waals surface area contributed by atoms with Crippen LogP contribution >= 0.6 is 0 Å². The van der Waals surface area contributed by atoms with E-state index in [0.717, 1.165) is 30.3 Å². The number of aliphatic hydroxyl groups is 1. The monoisotopic (exact) mass is 206 g/mol. The molecule has 15 heavy (non-hydrogen) atoms. The zero-order chi connectivity index (χ0) is 10.7. The molecule has 1 aliphatic carbocycles. The van der Waals surface area contributed by atoms with Gasteiger partial charge in [0.1, 0.15) is 5.75 Å². The fraction of sp³-hybridized carbons (Fsp3) is 0.538. The molecule has 1 saturated carbocycles. The molecule has 1 aromatic rings. The van der Waals surface area contributed by atoms with Crippen molar-refractivity contribution in [2.24, 2.45) is 5.92 Å². The normalized spacial score (nSPS) is 17.5. The lowest BCUT2D eigenvalue weighted by atomic mass is 10.1. The third kappa shape index (κ3) is 2.96. The van der Waals surface area contributed by atoms with Crippen LogP contribution in [0.2, 0.25) is 0 Å². The Morgan fingerprint density at radius 2 is 2.13 bits per heavy atom. The summed E-state index contributed by atoms with van der Waals surface area (Å²) in [7, 11) is 0. The summed E-state index contributed by atoms with van der Waals surface area (Å²) in [6.07, 6.45) is 3.42. The summed E-state index contributed by atoms with van der Waals surface area (Å²) in [5, 5.41) is 9.55. The van der Waals surface area contributed by atoms with Crippen molar-refractivity contribution in [2.75, 3.05) is 6.61 Å². The largest absolute Gasteiger partial charge is 0.493 e. The molecule has 0 saturated heterocycles. The van der Waals surface area contributed by atoms with E-state index in [1.54, 1.807) is 6.92 Å². The zero-order valence-corrected chi connectivity index (χ0v) is 9.15. The van der Waals surface area contributed by atoms with Gasteiger partial charge in [-0.3, -0.25) is 0 Å². The Morgan fingerprint density at radius 1 is 1.40 bits per heavy atom. The zero-order valence-electron chi connectivity index (χ0n) is 9.15. The van der Waals surface area contributed by atoms with Gasteiger partial charge in [0.2, 0.25) is 0 Å². The maximum Gasteiger partial charge on any atom is 0.125 e. The number of benzene rings is 1. The quantitative estimate of drug-likeness (QED) is 0.802. The predicted molar refractivity (Wildman–Crippen MR) is 59.9 cm³/mol. The van der Waals surface area contributed by atoms with Crippen LogP contribution in [-0.4, -0.2) is 11.7 Å². The van der Waals surface area contributed by atoms with E-state index >= 15 is 0 Å². The van der Waals surface area contributed by atoms with E-state index < -0.39 is 6.10 Å².